The van der Waals surface area contributed by atoms with Crippen molar-refractivity contribution in [2.24, 2.45) is 0 Å². The molecule has 11 heteroatoms. The number of benzene rings is 2. The highest BCUT2D eigenvalue weighted by atomic mass is 19.1. The lowest BCUT2D eigenvalue weighted by Gasteiger charge is -2.27. The SMILES string of the molecule is COC(=O)C1CC(Nc2nc(-c3cc(F)ccc3O)nc3cc(OC)ccc23)CN1C(=O)OC(C)(C)C. The number of likely N-dealkylation sites (tertiary alicyclic amines) is 1. The number of aromatic nitrogens is 2. The number of nitrogens with one attached hydrogen (secondary N) is 1. The van der Waals surface area contributed by atoms with Gasteiger partial charge in [-0.25, -0.2) is 23.9 Å². The normalized spacial score (nSPS) is 17.5. The summed E-state index contributed by atoms with van der Waals surface area (Å²) in [6.45, 7) is 5.38. The number of aromatic hydroxyl groups is 1. The number of hydrogen-bond donors (Lipinski definition) is 2. The number of nitrogens with zero attached hydrogens (tertiary/aromatic N) is 3. The number of amides is 1. The van der Waals surface area contributed by atoms with Gasteiger partial charge in [0.25, 0.3) is 0 Å². The number of methoxy groups -OCH3 is 2. The second kappa shape index (κ2) is 10.1. The molecule has 0 bridgehead atoms. The number of phenols is 1. The molecule has 37 heavy (non-hydrogen) atoms. The van der Waals surface area contributed by atoms with Crippen LogP contribution in [-0.4, -0.2) is 70.5 Å². The highest BCUT2D eigenvalue weighted by Gasteiger charge is 2.42. The molecule has 4 rings (SSSR count). The van der Waals surface area contributed by atoms with Gasteiger partial charge in [-0.2, -0.15) is 0 Å². The molecule has 196 valence electrons. The minimum absolute atomic E-state index is 0.0896. The Kier molecular flexibility index (Phi) is 7.06. The number of hydrogen-bond acceptors (Lipinski definition) is 9. The van der Waals surface area contributed by atoms with E-state index in [9.17, 15) is 19.1 Å². The standard InChI is InChI=1S/C26H29FN4O6/c1-26(2,3)37-25(34)31-13-15(11-20(31)24(33)36-5)28-22-17-8-7-16(35-4)12-19(17)29-23(30-22)18-10-14(27)6-9-21(18)32/h6-10,12,15,20,32H,11,13H2,1-5H3,(H,28,29,30). The molecule has 0 radical (unpaired) electrons. The number of rotatable bonds is 5. The van der Waals surface area contributed by atoms with E-state index in [1.807, 2.05) is 0 Å². The van der Waals surface area contributed by atoms with Gasteiger partial charge in [-0.05, 0) is 51.1 Å². The van der Waals surface area contributed by atoms with Crippen LogP contribution in [0.15, 0.2) is 36.4 Å². The van der Waals surface area contributed by atoms with Gasteiger partial charge in [0.15, 0.2) is 5.82 Å². The van der Waals surface area contributed by atoms with E-state index >= 15 is 0 Å². The lowest BCUT2D eigenvalue weighted by molar-refractivity contribution is -0.145. The number of anilines is 1. The van der Waals surface area contributed by atoms with Gasteiger partial charge in [0.2, 0.25) is 0 Å². The molecule has 1 aliphatic heterocycles. The van der Waals surface area contributed by atoms with Crippen molar-refractivity contribution in [1.82, 2.24) is 14.9 Å². The lowest BCUT2D eigenvalue weighted by Crippen LogP contribution is -2.44. The molecule has 3 aromatic rings. The Hall–Kier alpha value is -4.15. The number of halogens is 1. The zero-order valence-corrected chi connectivity index (χ0v) is 21.2. The number of fused-ring (bicyclic) bond motifs is 1. The molecule has 0 aliphatic carbocycles. The fourth-order valence-electron chi connectivity index (χ4n) is 4.17. The average Bonchev–Trinajstić information content (AvgIpc) is 3.27. The maximum atomic E-state index is 14.0. The minimum atomic E-state index is -0.850. The van der Waals surface area contributed by atoms with Gasteiger partial charge >= 0.3 is 12.1 Å². The van der Waals surface area contributed by atoms with E-state index in [0.29, 0.717) is 22.5 Å². The van der Waals surface area contributed by atoms with Crippen molar-refractivity contribution in [2.75, 3.05) is 26.1 Å². The molecule has 1 amide bonds. The van der Waals surface area contributed by atoms with Crippen molar-refractivity contribution in [3.05, 3.63) is 42.2 Å². The van der Waals surface area contributed by atoms with Crippen molar-refractivity contribution in [2.45, 2.75) is 44.9 Å². The topological polar surface area (TPSA) is 123 Å². The third-order valence-electron chi connectivity index (χ3n) is 5.85. The Morgan fingerprint density at radius 2 is 1.89 bits per heavy atom. The van der Waals surface area contributed by atoms with Crippen LogP contribution in [0.5, 0.6) is 11.5 Å². The Bertz CT molecular complexity index is 1340. The third-order valence-corrected chi connectivity index (χ3v) is 5.85. The fraction of sp³-hybridized carbons (Fsp3) is 0.385. The average molecular weight is 513 g/mol. The van der Waals surface area contributed by atoms with Crippen LogP contribution in [0.1, 0.15) is 27.2 Å². The van der Waals surface area contributed by atoms with Crippen molar-refractivity contribution in [3.8, 4) is 22.9 Å². The summed E-state index contributed by atoms with van der Waals surface area (Å²) < 4.78 is 29.7. The second-order valence-electron chi connectivity index (χ2n) is 9.69. The molecule has 2 unspecified atom stereocenters. The number of ether oxygens (including phenoxy) is 3. The molecule has 10 nitrogen and oxygen atoms in total. The molecule has 1 aromatic heterocycles. The first kappa shape index (κ1) is 25.9. The highest BCUT2D eigenvalue weighted by Crippen LogP contribution is 2.33. The molecular formula is C26H29FN4O6. The van der Waals surface area contributed by atoms with Gasteiger partial charge in [0.1, 0.15) is 34.8 Å². The number of esters is 1. The molecular weight excluding hydrogens is 483 g/mol. The molecule has 1 fully saturated rings. The van der Waals surface area contributed by atoms with Crippen LogP contribution in [-0.2, 0) is 14.3 Å². The number of carbonyl (C=O) groups is 2. The zero-order chi connectivity index (χ0) is 26.9. The maximum absolute atomic E-state index is 14.0. The van der Waals surface area contributed by atoms with E-state index in [4.69, 9.17) is 14.2 Å². The van der Waals surface area contributed by atoms with Crippen LogP contribution in [0.3, 0.4) is 0 Å². The fourth-order valence-corrected chi connectivity index (χ4v) is 4.17. The second-order valence-corrected chi connectivity index (χ2v) is 9.69. The van der Waals surface area contributed by atoms with Crippen molar-refractivity contribution in [3.63, 3.8) is 0 Å². The van der Waals surface area contributed by atoms with Gasteiger partial charge in [0, 0.05) is 30.5 Å². The van der Waals surface area contributed by atoms with Gasteiger partial charge in [-0.3, -0.25) is 4.90 Å². The summed E-state index contributed by atoms with van der Waals surface area (Å²) in [6.07, 6.45) is -0.386. The summed E-state index contributed by atoms with van der Waals surface area (Å²) >= 11 is 0. The lowest BCUT2D eigenvalue weighted by atomic mass is 10.1. The van der Waals surface area contributed by atoms with Crippen LogP contribution < -0.4 is 10.1 Å². The number of phenolic OH excluding ortho intramolecular Hbond substituents is 1. The first-order valence-electron chi connectivity index (χ1n) is 11.7. The maximum Gasteiger partial charge on any atom is 0.411 e. The van der Waals surface area contributed by atoms with Crippen LogP contribution in [0.25, 0.3) is 22.3 Å². The minimum Gasteiger partial charge on any atom is -0.507 e. The van der Waals surface area contributed by atoms with Gasteiger partial charge < -0.3 is 24.6 Å². The third kappa shape index (κ3) is 5.65. The Morgan fingerprint density at radius 1 is 1.14 bits per heavy atom. The van der Waals surface area contributed by atoms with Crippen LogP contribution >= 0.6 is 0 Å². The Morgan fingerprint density at radius 3 is 2.57 bits per heavy atom. The van der Waals surface area contributed by atoms with Gasteiger partial charge in [0.05, 0.1) is 25.3 Å². The predicted molar refractivity (Wildman–Crippen MR) is 134 cm³/mol. The summed E-state index contributed by atoms with van der Waals surface area (Å²) in [7, 11) is 2.79. The van der Waals surface area contributed by atoms with Crippen LogP contribution in [0, 0.1) is 5.82 Å². The molecule has 2 N–H and O–H groups in total. The molecule has 2 atom stereocenters. The first-order valence-corrected chi connectivity index (χ1v) is 11.7. The molecule has 2 aromatic carbocycles. The molecule has 0 saturated carbocycles. The van der Waals surface area contributed by atoms with Crippen molar-refractivity contribution < 1.29 is 33.3 Å². The quantitative estimate of drug-likeness (QED) is 0.486. The zero-order valence-electron chi connectivity index (χ0n) is 21.2. The molecule has 1 saturated heterocycles. The molecule has 1 aliphatic rings. The largest absolute Gasteiger partial charge is 0.507 e. The monoisotopic (exact) mass is 512 g/mol. The summed E-state index contributed by atoms with van der Waals surface area (Å²) in [5, 5.41) is 14.3. The summed E-state index contributed by atoms with van der Waals surface area (Å²) in [5.41, 5.74) is -0.142. The Labute approximate surface area is 213 Å². The van der Waals surface area contributed by atoms with E-state index < -0.39 is 35.6 Å². The van der Waals surface area contributed by atoms with E-state index in [0.717, 1.165) is 12.1 Å². The Balaban J connectivity index is 1.73. The molecule has 2 heterocycles. The smallest absolute Gasteiger partial charge is 0.411 e. The van der Waals surface area contributed by atoms with Crippen LogP contribution in [0.4, 0.5) is 15.0 Å². The van der Waals surface area contributed by atoms with Crippen LogP contribution in [0.2, 0.25) is 0 Å². The van der Waals surface area contributed by atoms with Gasteiger partial charge in [-0.1, -0.05) is 0 Å². The van der Waals surface area contributed by atoms with Crippen molar-refractivity contribution >= 4 is 28.8 Å². The van der Waals surface area contributed by atoms with Crippen molar-refractivity contribution in [1.29, 1.82) is 0 Å². The summed E-state index contributed by atoms with van der Waals surface area (Å²) in [5.74, 6) is -0.275. The van der Waals surface area contributed by atoms with E-state index in [1.165, 1.54) is 25.2 Å². The first-order chi connectivity index (χ1) is 17.5. The summed E-state index contributed by atoms with van der Waals surface area (Å²) in [6, 6.07) is 7.48. The van der Waals surface area contributed by atoms with E-state index in [-0.39, 0.29) is 30.1 Å². The van der Waals surface area contributed by atoms with Gasteiger partial charge in [-0.15, -0.1) is 0 Å². The predicted octanol–water partition coefficient (Wildman–Crippen LogP) is 4.11. The van der Waals surface area contributed by atoms with E-state index in [1.54, 1.807) is 39.0 Å². The van der Waals surface area contributed by atoms with E-state index in [2.05, 4.69) is 15.3 Å². The number of carbonyl (C=O) groups excluding carboxylic acids is 2. The summed E-state index contributed by atoms with van der Waals surface area (Å²) in [4.78, 5) is 35.7. The highest BCUT2D eigenvalue weighted by molar-refractivity contribution is 5.92. The molecule has 0 spiro atoms.